The van der Waals surface area contributed by atoms with E-state index in [4.69, 9.17) is 28.8 Å². The van der Waals surface area contributed by atoms with Crippen LogP contribution in [-0.4, -0.2) is 65.8 Å². The van der Waals surface area contributed by atoms with Gasteiger partial charge in [-0.15, -0.1) is 0 Å². The monoisotopic (exact) mass is 440 g/mol. The van der Waals surface area contributed by atoms with Crippen molar-refractivity contribution in [3.63, 3.8) is 0 Å². The highest BCUT2D eigenvalue weighted by Gasteiger charge is 2.52. The number of aromatic nitrogens is 2. The summed E-state index contributed by atoms with van der Waals surface area (Å²) in [6.45, 7) is 12.4. The van der Waals surface area contributed by atoms with Gasteiger partial charge in [0, 0.05) is 30.0 Å². The number of pyridine rings is 1. The third-order valence-electron chi connectivity index (χ3n) is 6.71. The lowest BCUT2D eigenvalue weighted by Gasteiger charge is -2.32. The van der Waals surface area contributed by atoms with Crippen LogP contribution in [0.5, 0.6) is 0 Å². The van der Waals surface area contributed by atoms with Crippen LogP contribution in [0.4, 0.5) is 0 Å². The first-order chi connectivity index (χ1) is 15.1. The van der Waals surface area contributed by atoms with E-state index < -0.39 is 18.3 Å². The number of methoxy groups -OCH3 is 2. The normalized spacial score (nSPS) is 24.6. The van der Waals surface area contributed by atoms with Gasteiger partial charge >= 0.3 is 7.12 Å². The zero-order chi connectivity index (χ0) is 23.3. The minimum absolute atomic E-state index is 0.134. The molecule has 172 valence electrons. The quantitative estimate of drug-likeness (QED) is 0.684. The van der Waals surface area contributed by atoms with Crippen LogP contribution in [0.3, 0.4) is 0 Å². The molecule has 2 aromatic rings. The Bertz CT molecular complexity index is 1040. The van der Waals surface area contributed by atoms with Crippen LogP contribution in [0.1, 0.15) is 47.2 Å². The molecule has 0 N–H and O–H groups in total. The summed E-state index contributed by atoms with van der Waals surface area (Å²) in [5.41, 5.74) is 1.93. The van der Waals surface area contributed by atoms with Gasteiger partial charge in [-0.1, -0.05) is 19.9 Å². The van der Waals surface area contributed by atoms with Gasteiger partial charge in [-0.25, -0.2) is 15.0 Å². The van der Waals surface area contributed by atoms with E-state index in [0.717, 1.165) is 16.8 Å². The number of nitrogens with zero attached hydrogens (tertiary/aromatic N) is 4. The summed E-state index contributed by atoms with van der Waals surface area (Å²) in [5, 5.41) is 0. The number of fused-ring (bicyclic) bond motifs is 1. The molecule has 1 saturated heterocycles. The van der Waals surface area contributed by atoms with E-state index in [1.165, 1.54) is 0 Å². The summed E-state index contributed by atoms with van der Waals surface area (Å²) < 4.78 is 25.8. The molecule has 2 aliphatic heterocycles. The number of ether oxygens (including phenoxy) is 2. The SMILES string of the molecule is COC1=N[C@H](C(C)C)C(OC)=N[C@H]1Cc1ccc(B2OC(C)(C)C(C)(C)O2)c2nccn12. The maximum absolute atomic E-state index is 6.26. The molecule has 2 atom stereocenters. The van der Waals surface area contributed by atoms with Crippen LogP contribution in [0.2, 0.25) is 0 Å². The maximum atomic E-state index is 6.26. The Morgan fingerprint density at radius 2 is 1.69 bits per heavy atom. The molecule has 0 unspecified atom stereocenters. The van der Waals surface area contributed by atoms with Gasteiger partial charge in [-0.3, -0.25) is 0 Å². The third kappa shape index (κ3) is 3.81. The Hall–Kier alpha value is -2.39. The van der Waals surface area contributed by atoms with Crippen LogP contribution in [0.15, 0.2) is 34.5 Å². The van der Waals surface area contributed by atoms with E-state index in [2.05, 4.69) is 57.0 Å². The van der Waals surface area contributed by atoms with Gasteiger partial charge < -0.3 is 23.2 Å². The lowest BCUT2D eigenvalue weighted by Crippen LogP contribution is -2.41. The Morgan fingerprint density at radius 1 is 1.03 bits per heavy atom. The molecule has 1 fully saturated rings. The molecule has 4 rings (SSSR count). The van der Waals surface area contributed by atoms with E-state index in [9.17, 15) is 0 Å². The lowest BCUT2D eigenvalue weighted by atomic mass is 9.79. The summed E-state index contributed by atoms with van der Waals surface area (Å²) in [5.74, 6) is 1.52. The number of rotatable bonds is 4. The number of hydrogen-bond donors (Lipinski definition) is 0. The van der Waals surface area contributed by atoms with Crippen molar-refractivity contribution in [1.82, 2.24) is 9.38 Å². The Balaban J connectivity index is 1.66. The van der Waals surface area contributed by atoms with Crippen LogP contribution in [0.25, 0.3) is 5.65 Å². The largest absolute Gasteiger partial charge is 0.498 e. The fourth-order valence-electron chi connectivity index (χ4n) is 4.10. The van der Waals surface area contributed by atoms with E-state index in [1.54, 1.807) is 20.4 Å². The highest BCUT2D eigenvalue weighted by molar-refractivity contribution is 6.64. The van der Waals surface area contributed by atoms with Crippen molar-refractivity contribution in [2.75, 3.05) is 14.2 Å². The van der Waals surface area contributed by atoms with Crippen LogP contribution >= 0.6 is 0 Å². The van der Waals surface area contributed by atoms with Gasteiger partial charge in [0.2, 0.25) is 11.8 Å². The minimum atomic E-state index is -0.477. The predicted molar refractivity (Wildman–Crippen MR) is 126 cm³/mol. The van der Waals surface area contributed by atoms with Crippen molar-refractivity contribution in [2.24, 2.45) is 15.9 Å². The number of imidazole rings is 1. The maximum Gasteiger partial charge on any atom is 0.498 e. The average Bonchev–Trinajstić information content (AvgIpc) is 3.30. The summed E-state index contributed by atoms with van der Waals surface area (Å²) in [7, 11) is 2.81. The zero-order valence-electron chi connectivity index (χ0n) is 20.2. The second-order valence-corrected chi connectivity index (χ2v) is 9.74. The Kier molecular flexibility index (Phi) is 5.84. The van der Waals surface area contributed by atoms with E-state index in [0.29, 0.717) is 18.2 Å². The van der Waals surface area contributed by atoms with Crippen molar-refractivity contribution < 1.29 is 18.8 Å². The first-order valence-electron chi connectivity index (χ1n) is 11.1. The van der Waals surface area contributed by atoms with Gasteiger partial charge in [-0.2, -0.15) is 0 Å². The molecule has 0 amide bonds. The van der Waals surface area contributed by atoms with Gasteiger partial charge in [0.1, 0.15) is 17.7 Å². The Labute approximate surface area is 190 Å². The van der Waals surface area contributed by atoms with Crippen molar-refractivity contribution >= 4 is 30.0 Å². The second kappa shape index (κ2) is 8.19. The zero-order valence-corrected chi connectivity index (χ0v) is 20.2. The Morgan fingerprint density at radius 3 is 2.28 bits per heavy atom. The first kappa shape index (κ1) is 22.8. The molecule has 32 heavy (non-hydrogen) atoms. The van der Waals surface area contributed by atoms with E-state index in [-0.39, 0.29) is 18.0 Å². The molecule has 0 spiro atoms. The molecule has 4 heterocycles. The van der Waals surface area contributed by atoms with Gasteiger partial charge in [0.15, 0.2) is 0 Å². The van der Waals surface area contributed by atoms with Crippen molar-refractivity contribution in [3.05, 3.63) is 30.2 Å². The smallest absolute Gasteiger partial charge is 0.483 e. The first-order valence-corrected chi connectivity index (χ1v) is 11.1. The molecule has 0 radical (unpaired) electrons. The lowest BCUT2D eigenvalue weighted by molar-refractivity contribution is 0.00578. The molecule has 2 aromatic heterocycles. The molecular formula is C23H33BN4O4. The average molecular weight is 440 g/mol. The molecule has 0 aliphatic carbocycles. The van der Waals surface area contributed by atoms with Crippen molar-refractivity contribution in [2.45, 2.75) is 71.2 Å². The molecule has 2 aliphatic rings. The molecular weight excluding hydrogens is 407 g/mol. The fourth-order valence-corrected chi connectivity index (χ4v) is 4.10. The third-order valence-corrected chi connectivity index (χ3v) is 6.71. The van der Waals surface area contributed by atoms with Gasteiger partial charge in [0.25, 0.3) is 0 Å². The van der Waals surface area contributed by atoms with Gasteiger partial charge in [0.05, 0.1) is 25.4 Å². The van der Waals surface area contributed by atoms with Gasteiger partial charge in [-0.05, 0) is 39.7 Å². The molecule has 8 nitrogen and oxygen atoms in total. The molecule has 9 heteroatoms. The summed E-state index contributed by atoms with van der Waals surface area (Å²) in [6.07, 6.45) is 4.34. The van der Waals surface area contributed by atoms with Crippen molar-refractivity contribution in [1.29, 1.82) is 0 Å². The molecule has 0 aromatic carbocycles. The standard InChI is InChI=1S/C23H33BN4O4/c1-14(2)18-21(30-8)26-17(20(27-18)29-7)13-15-9-10-16(19-25-11-12-28(15)19)24-31-22(3,4)23(5,6)32-24/h9-12,14,17-18H,13H2,1-8H3/t17-,18+/m0/s1. The van der Waals surface area contributed by atoms with Crippen molar-refractivity contribution in [3.8, 4) is 0 Å². The predicted octanol–water partition coefficient (Wildman–Crippen LogP) is 2.67. The number of hydrogen-bond acceptors (Lipinski definition) is 7. The topological polar surface area (TPSA) is 78.9 Å². The second-order valence-electron chi connectivity index (χ2n) is 9.74. The summed E-state index contributed by atoms with van der Waals surface area (Å²) in [4.78, 5) is 14.2. The molecule has 0 bridgehead atoms. The molecule has 0 saturated carbocycles. The van der Waals surface area contributed by atoms with Crippen LogP contribution in [0, 0.1) is 5.92 Å². The van der Waals surface area contributed by atoms with E-state index >= 15 is 0 Å². The van der Waals surface area contributed by atoms with E-state index in [1.807, 2.05) is 12.3 Å². The fraction of sp³-hybridized carbons (Fsp3) is 0.609. The highest BCUT2D eigenvalue weighted by Crippen LogP contribution is 2.36. The minimum Gasteiger partial charge on any atom is -0.483 e. The highest BCUT2D eigenvalue weighted by atomic mass is 16.7. The number of aliphatic imine (C=N–C) groups is 2. The summed E-state index contributed by atoms with van der Waals surface area (Å²) >= 11 is 0. The summed E-state index contributed by atoms with van der Waals surface area (Å²) in [6, 6.07) is 3.70. The van der Waals surface area contributed by atoms with Crippen LogP contribution in [-0.2, 0) is 25.2 Å². The van der Waals surface area contributed by atoms with Crippen LogP contribution < -0.4 is 5.46 Å².